The second kappa shape index (κ2) is 7.51. The number of hydrogen-bond acceptors (Lipinski definition) is 3. The number of nitrogens with zero attached hydrogens (tertiary/aromatic N) is 2. The Labute approximate surface area is 147 Å². The number of amides is 2. The first-order chi connectivity index (χ1) is 12.1. The molecule has 0 bridgehead atoms. The van der Waals surface area contributed by atoms with Gasteiger partial charge in [-0.05, 0) is 24.5 Å². The van der Waals surface area contributed by atoms with Crippen LogP contribution < -0.4 is 10.6 Å². The van der Waals surface area contributed by atoms with Gasteiger partial charge in [-0.15, -0.1) is 0 Å². The molecular formula is C19H24N4O2. The molecule has 2 aromatic rings. The standard InChI is InChI=1S/C19H24N4O2/c1-23-12-9-16(22-23)18(25)20-13-17(24)21-14-19(10-5-6-11-19)15-7-3-2-4-8-15/h2-4,7-9,12H,5-6,10-11,13-14H2,1H3,(H,20,25)(H,21,24). The third-order valence-electron chi connectivity index (χ3n) is 4.93. The Balaban J connectivity index is 1.53. The summed E-state index contributed by atoms with van der Waals surface area (Å²) in [5.74, 6) is -0.513. The second-order valence-corrected chi connectivity index (χ2v) is 6.69. The molecule has 1 heterocycles. The van der Waals surface area contributed by atoms with Crippen molar-refractivity contribution in [3.05, 3.63) is 53.9 Å². The number of nitrogens with one attached hydrogen (secondary N) is 2. The molecular weight excluding hydrogens is 316 g/mol. The van der Waals surface area contributed by atoms with Gasteiger partial charge in [0.1, 0.15) is 5.69 Å². The van der Waals surface area contributed by atoms with Crippen LogP contribution in [0.15, 0.2) is 42.6 Å². The molecule has 0 saturated heterocycles. The van der Waals surface area contributed by atoms with Crippen molar-refractivity contribution < 1.29 is 9.59 Å². The van der Waals surface area contributed by atoms with Crippen LogP contribution >= 0.6 is 0 Å². The third kappa shape index (κ3) is 4.07. The highest BCUT2D eigenvalue weighted by Gasteiger charge is 2.35. The summed E-state index contributed by atoms with van der Waals surface area (Å²) in [6.45, 7) is 0.565. The van der Waals surface area contributed by atoms with Crippen LogP contribution in [-0.4, -0.2) is 34.7 Å². The summed E-state index contributed by atoms with van der Waals surface area (Å²) in [5.41, 5.74) is 1.61. The van der Waals surface area contributed by atoms with Crippen molar-refractivity contribution in [2.24, 2.45) is 7.05 Å². The molecule has 0 radical (unpaired) electrons. The lowest BCUT2D eigenvalue weighted by Gasteiger charge is -2.30. The van der Waals surface area contributed by atoms with Crippen LogP contribution in [0.2, 0.25) is 0 Å². The highest BCUT2D eigenvalue weighted by molar-refractivity contribution is 5.94. The Hall–Kier alpha value is -2.63. The van der Waals surface area contributed by atoms with Crippen molar-refractivity contribution in [1.29, 1.82) is 0 Å². The molecule has 1 aliphatic carbocycles. The molecule has 1 aromatic heterocycles. The minimum absolute atomic E-state index is 0.0158. The second-order valence-electron chi connectivity index (χ2n) is 6.69. The van der Waals surface area contributed by atoms with Crippen LogP contribution in [0.1, 0.15) is 41.7 Å². The number of rotatable bonds is 6. The third-order valence-corrected chi connectivity index (χ3v) is 4.93. The van der Waals surface area contributed by atoms with E-state index >= 15 is 0 Å². The molecule has 0 unspecified atom stereocenters. The van der Waals surface area contributed by atoms with Crippen LogP contribution in [0.25, 0.3) is 0 Å². The van der Waals surface area contributed by atoms with Crippen molar-refractivity contribution >= 4 is 11.8 Å². The molecule has 0 aliphatic heterocycles. The van der Waals surface area contributed by atoms with Crippen LogP contribution in [0, 0.1) is 0 Å². The highest BCUT2D eigenvalue weighted by Crippen LogP contribution is 2.40. The van der Waals surface area contributed by atoms with Gasteiger partial charge >= 0.3 is 0 Å². The zero-order valence-electron chi connectivity index (χ0n) is 14.5. The molecule has 0 atom stereocenters. The summed E-state index contributed by atoms with van der Waals surface area (Å²) in [6, 6.07) is 12.0. The molecule has 2 N–H and O–H groups in total. The summed E-state index contributed by atoms with van der Waals surface area (Å²) in [6.07, 6.45) is 6.22. The molecule has 1 fully saturated rings. The largest absolute Gasteiger partial charge is 0.354 e. The zero-order valence-corrected chi connectivity index (χ0v) is 14.5. The van der Waals surface area contributed by atoms with E-state index in [0.29, 0.717) is 12.2 Å². The summed E-state index contributed by atoms with van der Waals surface area (Å²) in [7, 11) is 1.74. The smallest absolute Gasteiger partial charge is 0.272 e. The van der Waals surface area contributed by atoms with Crippen LogP contribution in [0.4, 0.5) is 0 Å². The first-order valence-corrected chi connectivity index (χ1v) is 8.69. The van der Waals surface area contributed by atoms with E-state index in [1.54, 1.807) is 24.0 Å². The van der Waals surface area contributed by atoms with Crippen LogP contribution in [0.3, 0.4) is 0 Å². The number of carbonyl (C=O) groups is 2. The van der Waals surface area contributed by atoms with E-state index < -0.39 is 0 Å². The summed E-state index contributed by atoms with van der Waals surface area (Å²) in [4.78, 5) is 24.1. The quantitative estimate of drug-likeness (QED) is 0.841. The molecule has 6 heteroatoms. The van der Waals surface area contributed by atoms with Crippen molar-refractivity contribution in [2.45, 2.75) is 31.1 Å². The molecule has 1 aromatic carbocycles. The van der Waals surface area contributed by atoms with Gasteiger partial charge < -0.3 is 10.6 Å². The Kier molecular flexibility index (Phi) is 5.16. The van der Waals surface area contributed by atoms with E-state index in [2.05, 4.69) is 27.9 Å². The minimum Gasteiger partial charge on any atom is -0.354 e. The van der Waals surface area contributed by atoms with Gasteiger partial charge in [-0.2, -0.15) is 5.10 Å². The fourth-order valence-electron chi connectivity index (χ4n) is 3.53. The summed E-state index contributed by atoms with van der Waals surface area (Å²) >= 11 is 0. The van der Waals surface area contributed by atoms with Gasteiger partial charge in [0.05, 0.1) is 6.54 Å². The van der Waals surface area contributed by atoms with Crippen LogP contribution in [0.5, 0.6) is 0 Å². The number of hydrogen-bond donors (Lipinski definition) is 2. The average molecular weight is 340 g/mol. The monoisotopic (exact) mass is 340 g/mol. The van der Waals surface area contributed by atoms with E-state index in [1.165, 1.54) is 18.4 Å². The first kappa shape index (κ1) is 17.2. The van der Waals surface area contributed by atoms with Gasteiger partial charge in [0.2, 0.25) is 5.91 Å². The van der Waals surface area contributed by atoms with Crippen molar-refractivity contribution in [1.82, 2.24) is 20.4 Å². The van der Waals surface area contributed by atoms with Gasteiger partial charge in [0.15, 0.2) is 0 Å². The van der Waals surface area contributed by atoms with Gasteiger partial charge in [-0.3, -0.25) is 14.3 Å². The molecule has 2 amide bonds. The summed E-state index contributed by atoms with van der Waals surface area (Å²) < 4.78 is 1.55. The highest BCUT2D eigenvalue weighted by atomic mass is 16.2. The van der Waals surface area contributed by atoms with E-state index in [1.807, 2.05) is 18.2 Å². The Bertz CT molecular complexity index is 733. The van der Waals surface area contributed by atoms with Crippen molar-refractivity contribution in [3.8, 4) is 0 Å². The van der Waals surface area contributed by atoms with Crippen molar-refractivity contribution in [3.63, 3.8) is 0 Å². The van der Waals surface area contributed by atoms with Gasteiger partial charge in [0.25, 0.3) is 5.91 Å². The van der Waals surface area contributed by atoms with E-state index in [9.17, 15) is 9.59 Å². The zero-order chi connectivity index (χ0) is 17.7. The van der Waals surface area contributed by atoms with E-state index in [0.717, 1.165) is 12.8 Å². The molecule has 132 valence electrons. The molecule has 0 spiro atoms. The van der Waals surface area contributed by atoms with Gasteiger partial charge in [-0.25, -0.2) is 0 Å². The van der Waals surface area contributed by atoms with Gasteiger partial charge in [0, 0.05) is 25.2 Å². The van der Waals surface area contributed by atoms with Crippen LogP contribution in [-0.2, 0) is 17.3 Å². The normalized spacial score (nSPS) is 15.7. The van der Waals surface area contributed by atoms with E-state index in [-0.39, 0.29) is 23.8 Å². The SMILES string of the molecule is Cn1ccc(C(=O)NCC(=O)NCC2(c3ccccc3)CCCC2)n1. The lowest BCUT2D eigenvalue weighted by molar-refractivity contribution is -0.120. The molecule has 25 heavy (non-hydrogen) atoms. The predicted molar refractivity (Wildman–Crippen MR) is 95.1 cm³/mol. The molecule has 1 saturated carbocycles. The molecule has 6 nitrogen and oxygen atoms in total. The topological polar surface area (TPSA) is 76.0 Å². The number of aryl methyl sites for hydroxylation is 1. The predicted octanol–water partition coefficient (Wildman–Crippen LogP) is 1.78. The fraction of sp³-hybridized carbons (Fsp3) is 0.421. The van der Waals surface area contributed by atoms with E-state index in [4.69, 9.17) is 0 Å². The fourth-order valence-corrected chi connectivity index (χ4v) is 3.53. The molecule has 1 aliphatic rings. The lowest BCUT2D eigenvalue weighted by Crippen LogP contribution is -2.43. The lowest BCUT2D eigenvalue weighted by atomic mass is 9.79. The Morgan fingerprint density at radius 3 is 2.48 bits per heavy atom. The number of benzene rings is 1. The summed E-state index contributed by atoms with van der Waals surface area (Å²) in [5, 5.41) is 9.63. The Morgan fingerprint density at radius 1 is 1.12 bits per heavy atom. The number of aromatic nitrogens is 2. The molecule has 3 rings (SSSR count). The van der Waals surface area contributed by atoms with Gasteiger partial charge in [-0.1, -0.05) is 43.2 Å². The average Bonchev–Trinajstić information content (AvgIpc) is 3.28. The maximum Gasteiger partial charge on any atom is 0.272 e. The maximum absolute atomic E-state index is 12.2. The number of carbonyl (C=O) groups excluding carboxylic acids is 2. The van der Waals surface area contributed by atoms with Crippen molar-refractivity contribution in [2.75, 3.05) is 13.1 Å². The minimum atomic E-state index is -0.339. The maximum atomic E-state index is 12.2. The first-order valence-electron chi connectivity index (χ1n) is 8.69. The Morgan fingerprint density at radius 2 is 1.84 bits per heavy atom.